The van der Waals surface area contributed by atoms with Gasteiger partial charge in [0.05, 0.1) is 18.6 Å². The standard InChI is InChI=1S/C12H11FN6O/c13-7-1-2-10(16-4-7)11-18-12(20-19-11)9(14)3-8-5-15-6-17-8/h1-2,4-6,9H,3,14H2,(H,15,17)/t9-/m1/s1. The van der Waals surface area contributed by atoms with Crippen molar-refractivity contribution in [3.63, 3.8) is 0 Å². The van der Waals surface area contributed by atoms with E-state index in [4.69, 9.17) is 10.3 Å². The second kappa shape index (κ2) is 5.17. The number of imidazole rings is 1. The number of rotatable bonds is 4. The first-order valence-electron chi connectivity index (χ1n) is 5.91. The van der Waals surface area contributed by atoms with Crippen molar-refractivity contribution in [1.29, 1.82) is 0 Å². The molecule has 8 heteroatoms. The SMILES string of the molecule is N[C@H](Cc1cnc[nH]1)c1nc(-c2ccc(F)cn2)no1. The molecule has 3 heterocycles. The van der Waals surface area contributed by atoms with Crippen LogP contribution in [-0.2, 0) is 6.42 Å². The predicted octanol–water partition coefficient (Wildman–Crippen LogP) is 1.24. The highest BCUT2D eigenvalue weighted by molar-refractivity contribution is 5.47. The zero-order valence-corrected chi connectivity index (χ0v) is 10.3. The van der Waals surface area contributed by atoms with E-state index in [0.717, 1.165) is 11.9 Å². The van der Waals surface area contributed by atoms with E-state index in [0.29, 0.717) is 18.0 Å². The van der Waals surface area contributed by atoms with E-state index < -0.39 is 11.9 Å². The van der Waals surface area contributed by atoms with E-state index in [2.05, 4.69) is 25.1 Å². The van der Waals surface area contributed by atoms with E-state index in [9.17, 15) is 4.39 Å². The van der Waals surface area contributed by atoms with E-state index in [-0.39, 0.29) is 5.82 Å². The van der Waals surface area contributed by atoms with Gasteiger partial charge in [-0.15, -0.1) is 0 Å². The molecule has 0 bridgehead atoms. The molecule has 0 aromatic carbocycles. The number of nitrogens with two attached hydrogens (primary N) is 1. The number of H-pyrrole nitrogens is 1. The molecule has 7 nitrogen and oxygen atoms in total. The summed E-state index contributed by atoms with van der Waals surface area (Å²) in [6.07, 6.45) is 4.84. The van der Waals surface area contributed by atoms with Gasteiger partial charge in [-0.05, 0) is 12.1 Å². The summed E-state index contributed by atoms with van der Waals surface area (Å²) in [6, 6.07) is 2.31. The minimum atomic E-state index is -0.447. The summed E-state index contributed by atoms with van der Waals surface area (Å²) < 4.78 is 17.9. The van der Waals surface area contributed by atoms with Crippen LogP contribution in [0, 0.1) is 5.82 Å². The van der Waals surface area contributed by atoms with Crippen molar-refractivity contribution >= 4 is 0 Å². The maximum atomic E-state index is 12.8. The number of aromatic amines is 1. The summed E-state index contributed by atoms with van der Waals surface area (Å²) in [5.74, 6) is 0.147. The number of halogens is 1. The molecule has 0 amide bonds. The molecule has 0 aliphatic heterocycles. The summed E-state index contributed by atoms with van der Waals surface area (Å²) in [7, 11) is 0. The molecule has 0 spiro atoms. The molecule has 20 heavy (non-hydrogen) atoms. The lowest BCUT2D eigenvalue weighted by molar-refractivity contribution is 0.354. The fraction of sp³-hybridized carbons (Fsp3) is 0.167. The van der Waals surface area contributed by atoms with E-state index >= 15 is 0 Å². The van der Waals surface area contributed by atoms with Crippen molar-refractivity contribution in [3.05, 3.63) is 48.3 Å². The van der Waals surface area contributed by atoms with Crippen LogP contribution < -0.4 is 5.73 Å². The van der Waals surface area contributed by atoms with Gasteiger partial charge in [-0.3, -0.25) is 0 Å². The number of aromatic nitrogens is 5. The monoisotopic (exact) mass is 274 g/mol. The third kappa shape index (κ3) is 2.54. The van der Waals surface area contributed by atoms with Crippen LogP contribution in [0.25, 0.3) is 11.5 Å². The summed E-state index contributed by atoms with van der Waals surface area (Å²) in [5, 5.41) is 3.79. The summed E-state index contributed by atoms with van der Waals surface area (Å²) >= 11 is 0. The number of hydrogen-bond acceptors (Lipinski definition) is 6. The maximum absolute atomic E-state index is 12.8. The van der Waals surface area contributed by atoms with Gasteiger partial charge >= 0.3 is 0 Å². The lowest BCUT2D eigenvalue weighted by Gasteiger charge is -2.03. The predicted molar refractivity (Wildman–Crippen MR) is 66.7 cm³/mol. The molecule has 0 fully saturated rings. The van der Waals surface area contributed by atoms with Gasteiger partial charge in [-0.1, -0.05) is 5.16 Å². The van der Waals surface area contributed by atoms with E-state index in [1.165, 1.54) is 12.1 Å². The van der Waals surface area contributed by atoms with Crippen molar-refractivity contribution in [3.8, 4) is 11.5 Å². The smallest absolute Gasteiger partial charge is 0.244 e. The third-order valence-electron chi connectivity index (χ3n) is 2.71. The number of nitrogens with zero attached hydrogens (tertiary/aromatic N) is 4. The maximum Gasteiger partial charge on any atom is 0.244 e. The van der Waals surface area contributed by atoms with Crippen molar-refractivity contribution in [2.24, 2.45) is 5.73 Å². The lowest BCUT2D eigenvalue weighted by Crippen LogP contribution is -2.14. The molecule has 0 radical (unpaired) electrons. The van der Waals surface area contributed by atoms with Gasteiger partial charge < -0.3 is 15.2 Å². The Morgan fingerprint density at radius 3 is 2.95 bits per heavy atom. The zero-order chi connectivity index (χ0) is 13.9. The van der Waals surface area contributed by atoms with Crippen molar-refractivity contribution in [2.45, 2.75) is 12.5 Å². The fourth-order valence-electron chi connectivity index (χ4n) is 1.72. The van der Waals surface area contributed by atoms with Crippen LogP contribution in [0.1, 0.15) is 17.6 Å². The highest BCUT2D eigenvalue weighted by Crippen LogP contribution is 2.17. The molecule has 0 unspecified atom stereocenters. The van der Waals surface area contributed by atoms with Crippen molar-refractivity contribution in [2.75, 3.05) is 0 Å². The Morgan fingerprint density at radius 1 is 1.35 bits per heavy atom. The van der Waals surface area contributed by atoms with Gasteiger partial charge in [0.2, 0.25) is 11.7 Å². The van der Waals surface area contributed by atoms with Crippen molar-refractivity contribution in [1.82, 2.24) is 25.1 Å². The van der Waals surface area contributed by atoms with Crippen molar-refractivity contribution < 1.29 is 8.91 Å². The molecule has 3 rings (SSSR count). The van der Waals surface area contributed by atoms with Gasteiger partial charge in [0.25, 0.3) is 0 Å². The number of hydrogen-bond donors (Lipinski definition) is 2. The average Bonchev–Trinajstić information content (AvgIpc) is 3.10. The molecule has 1 atom stereocenters. The minimum absolute atomic E-state index is 0.278. The Labute approximate surface area is 113 Å². The number of nitrogens with one attached hydrogen (secondary N) is 1. The average molecular weight is 274 g/mol. The Balaban J connectivity index is 1.77. The Hall–Kier alpha value is -2.61. The van der Waals surface area contributed by atoms with E-state index in [1.807, 2.05) is 0 Å². The molecule has 3 N–H and O–H groups in total. The third-order valence-corrected chi connectivity index (χ3v) is 2.71. The molecule has 0 aliphatic carbocycles. The van der Waals surface area contributed by atoms with Gasteiger partial charge in [0.15, 0.2) is 0 Å². The van der Waals surface area contributed by atoms with Crippen LogP contribution in [0.5, 0.6) is 0 Å². The van der Waals surface area contributed by atoms with Crippen LogP contribution >= 0.6 is 0 Å². The van der Waals surface area contributed by atoms with Gasteiger partial charge in [-0.2, -0.15) is 4.98 Å². The van der Waals surface area contributed by atoms with Crippen LogP contribution in [-0.4, -0.2) is 25.1 Å². The Bertz CT molecular complexity index is 678. The van der Waals surface area contributed by atoms with Gasteiger partial charge in [-0.25, -0.2) is 14.4 Å². The second-order valence-electron chi connectivity index (χ2n) is 4.21. The first-order chi connectivity index (χ1) is 9.72. The van der Waals surface area contributed by atoms with Crippen LogP contribution in [0.15, 0.2) is 35.4 Å². The first-order valence-corrected chi connectivity index (χ1v) is 5.91. The summed E-state index contributed by atoms with van der Waals surface area (Å²) in [6.45, 7) is 0. The fourth-order valence-corrected chi connectivity index (χ4v) is 1.72. The van der Waals surface area contributed by atoms with Gasteiger partial charge in [0.1, 0.15) is 11.5 Å². The van der Waals surface area contributed by atoms with Crippen LogP contribution in [0.2, 0.25) is 0 Å². The molecule has 0 saturated carbocycles. The summed E-state index contributed by atoms with van der Waals surface area (Å²) in [4.78, 5) is 14.9. The highest BCUT2D eigenvalue weighted by atomic mass is 19.1. The molecule has 3 aromatic heterocycles. The molecular formula is C12H11FN6O. The molecule has 0 saturated heterocycles. The molecule has 0 aliphatic rings. The van der Waals surface area contributed by atoms with E-state index in [1.54, 1.807) is 12.5 Å². The topological polar surface area (TPSA) is 107 Å². The normalized spacial score (nSPS) is 12.5. The molecule has 3 aromatic rings. The molecule has 102 valence electrons. The zero-order valence-electron chi connectivity index (χ0n) is 10.3. The Kier molecular flexibility index (Phi) is 3.21. The molecular weight excluding hydrogens is 263 g/mol. The van der Waals surface area contributed by atoms with Crippen LogP contribution in [0.3, 0.4) is 0 Å². The Morgan fingerprint density at radius 2 is 2.25 bits per heavy atom. The minimum Gasteiger partial charge on any atom is -0.348 e. The summed E-state index contributed by atoms with van der Waals surface area (Å²) in [5.41, 5.74) is 7.28. The lowest BCUT2D eigenvalue weighted by atomic mass is 10.2. The van der Waals surface area contributed by atoms with Gasteiger partial charge in [0, 0.05) is 18.3 Å². The quantitative estimate of drug-likeness (QED) is 0.741. The highest BCUT2D eigenvalue weighted by Gasteiger charge is 2.17. The largest absolute Gasteiger partial charge is 0.348 e. The number of pyridine rings is 1. The first kappa shape index (κ1) is 12.4. The van der Waals surface area contributed by atoms with Crippen LogP contribution in [0.4, 0.5) is 4.39 Å². The second-order valence-corrected chi connectivity index (χ2v) is 4.21.